The van der Waals surface area contributed by atoms with Gasteiger partial charge < -0.3 is 4.42 Å². The lowest BCUT2D eigenvalue weighted by atomic mass is 9.99. The van der Waals surface area contributed by atoms with E-state index in [-0.39, 0.29) is 0 Å². The van der Waals surface area contributed by atoms with Gasteiger partial charge in [0.1, 0.15) is 11.5 Å². The van der Waals surface area contributed by atoms with Crippen LogP contribution in [0.3, 0.4) is 0 Å². The van der Waals surface area contributed by atoms with Crippen LogP contribution in [0.5, 0.6) is 0 Å². The lowest BCUT2D eigenvalue weighted by Gasteiger charge is -2.08. The van der Waals surface area contributed by atoms with E-state index >= 15 is 0 Å². The number of hydrogen-bond acceptors (Lipinski definition) is 3. The van der Waals surface area contributed by atoms with Crippen molar-refractivity contribution < 1.29 is 4.42 Å². The maximum atomic E-state index is 5.80. The SMILES string of the molecule is CC(C)c1ccc(CC(C)c2ccnnc2)o1. The molecule has 0 fully saturated rings. The molecule has 3 heteroatoms. The summed E-state index contributed by atoms with van der Waals surface area (Å²) in [6.07, 6.45) is 4.45. The molecule has 0 radical (unpaired) electrons. The molecule has 0 saturated heterocycles. The summed E-state index contributed by atoms with van der Waals surface area (Å²) in [6.45, 7) is 6.45. The number of furan rings is 1. The van der Waals surface area contributed by atoms with Crippen molar-refractivity contribution in [3.63, 3.8) is 0 Å². The van der Waals surface area contributed by atoms with Crippen molar-refractivity contribution in [1.29, 1.82) is 0 Å². The highest BCUT2D eigenvalue weighted by Gasteiger charge is 2.11. The number of rotatable bonds is 4. The van der Waals surface area contributed by atoms with Gasteiger partial charge in [-0.05, 0) is 29.7 Å². The van der Waals surface area contributed by atoms with Crippen LogP contribution >= 0.6 is 0 Å². The predicted octanol–water partition coefficient (Wildman–Crippen LogP) is 3.54. The van der Waals surface area contributed by atoms with Gasteiger partial charge in [-0.2, -0.15) is 10.2 Å². The molecule has 0 aliphatic rings. The van der Waals surface area contributed by atoms with Gasteiger partial charge in [0, 0.05) is 18.5 Å². The van der Waals surface area contributed by atoms with Gasteiger partial charge in [0.2, 0.25) is 0 Å². The first-order valence-electron chi connectivity index (χ1n) is 6.02. The second kappa shape index (κ2) is 5.13. The van der Waals surface area contributed by atoms with Crippen molar-refractivity contribution >= 4 is 0 Å². The average Bonchev–Trinajstić information content (AvgIpc) is 2.79. The van der Waals surface area contributed by atoms with E-state index in [2.05, 4.69) is 43.1 Å². The maximum absolute atomic E-state index is 5.80. The van der Waals surface area contributed by atoms with Crippen molar-refractivity contribution in [2.24, 2.45) is 0 Å². The highest BCUT2D eigenvalue weighted by Crippen LogP contribution is 2.23. The first-order chi connectivity index (χ1) is 8.16. The summed E-state index contributed by atoms with van der Waals surface area (Å²) in [5, 5.41) is 7.69. The van der Waals surface area contributed by atoms with Crippen molar-refractivity contribution in [2.45, 2.75) is 39.0 Å². The molecule has 17 heavy (non-hydrogen) atoms. The van der Waals surface area contributed by atoms with Crippen LogP contribution in [-0.2, 0) is 6.42 Å². The van der Waals surface area contributed by atoms with Gasteiger partial charge in [0.05, 0.1) is 6.20 Å². The summed E-state index contributed by atoms with van der Waals surface area (Å²) in [6, 6.07) is 6.14. The zero-order chi connectivity index (χ0) is 12.3. The molecule has 1 atom stereocenters. The van der Waals surface area contributed by atoms with E-state index in [1.54, 1.807) is 6.20 Å². The molecular weight excluding hydrogens is 212 g/mol. The second-order valence-electron chi connectivity index (χ2n) is 4.74. The molecule has 1 unspecified atom stereocenters. The molecule has 0 spiro atoms. The molecule has 0 aliphatic heterocycles. The van der Waals surface area contributed by atoms with Crippen molar-refractivity contribution in [1.82, 2.24) is 10.2 Å². The largest absolute Gasteiger partial charge is 0.466 e. The second-order valence-corrected chi connectivity index (χ2v) is 4.74. The van der Waals surface area contributed by atoms with Crippen LogP contribution in [0, 0.1) is 0 Å². The summed E-state index contributed by atoms with van der Waals surface area (Å²) < 4.78 is 5.80. The highest BCUT2D eigenvalue weighted by molar-refractivity contribution is 5.16. The van der Waals surface area contributed by atoms with Crippen molar-refractivity contribution in [3.8, 4) is 0 Å². The molecule has 3 nitrogen and oxygen atoms in total. The number of aromatic nitrogens is 2. The van der Waals surface area contributed by atoms with Crippen molar-refractivity contribution in [2.75, 3.05) is 0 Å². The molecule has 2 aromatic rings. The number of hydrogen-bond donors (Lipinski definition) is 0. The normalized spacial score (nSPS) is 12.9. The summed E-state index contributed by atoms with van der Waals surface area (Å²) in [7, 11) is 0. The van der Waals surface area contributed by atoms with E-state index in [0.29, 0.717) is 11.8 Å². The number of nitrogens with zero attached hydrogens (tertiary/aromatic N) is 2. The Morgan fingerprint density at radius 1 is 1.12 bits per heavy atom. The maximum Gasteiger partial charge on any atom is 0.106 e. The zero-order valence-corrected chi connectivity index (χ0v) is 10.6. The minimum absolute atomic E-state index is 0.400. The third-order valence-electron chi connectivity index (χ3n) is 2.94. The molecule has 0 aromatic carbocycles. The zero-order valence-electron chi connectivity index (χ0n) is 10.6. The van der Waals surface area contributed by atoms with E-state index in [0.717, 1.165) is 17.9 Å². The van der Waals surface area contributed by atoms with Gasteiger partial charge in [-0.15, -0.1) is 0 Å². The quantitative estimate of drug-likeness (QED) is 0.806. The fourth-order valence-electron chi connectivity index (χ4n) is 1.83. The van der Waals surface area contributed by atoms with Gasteiger partial charge in [-0.3, -0.25) is 0 Å². The molecule has 0 bridgehead atoms. The lowest BCUT2D eigenvalue weighted by molar-refractivity contribution is 0.437. The Morgan fingerprint density at radius 3 is 2.53 bits per heavy atom. The van der Waals surface area contributed by atoms with Crippen LogP contribution in [0.15, 0.2) is 35.0 Å². The molecular formula is C14H18N2O. The summed E-state index contributed by atoms with van der Waals surface area (Å²) >= 11 is 0. The molecule has 2 rings (SSSR count). The Morgan fingerprint density at radius 2 is 1.94 bits per heavy atom. The Labute approximate surface area is 102 Å². The molecule has 0 N–H and O–H groups in total. The van der Waals surface area contributed by atoms with Crippen LogP contribution in [0.25, 0.3) is 0 Å². The molecule has 2 heterocycles. The Hall–Kier alpha value is -1.64. The molecule has 90 valence electrons. The standard InChI is InChI=1S/C14H18N2O/c1-10(2)14-5-4-13(17-14)8-11(3)12-6-7-15-16-9-12/h4-7,9-11H,8H2,1-3H3. The Bertz CT molecular complexity index is 462. The fraction of sp³-hybridized carbons (Fsp3) is 0.429. The smallest absolute Gasteiger partial charge is 0.106 e. The fourth-order valence-corrected chi connectivity index (χ4v) is 1.83. The minimum atomic E-state index is 0.400. The van der Waals surface area contributed by atoms with Crippen LogP contribution in [0.1, 0.15) is 49.7 Å². The highest BCUT2D eigenvalue weighted by atomic mass is 16.3. The van der Waals surface area contributed by atoms with E-state index < -0.39 is 0 Å². The Kier molecular flexibility index (Phi) is 3.57. The molecule has 0 saturated carbocycles. The third-order valence-corrected chi connectivity index (χ3v) is 2.94. The molecule has 0 amide bonds. The van der Waals surface area contributed by atoms with Crippen LogP contribution in [-0.4, -0.2) is 10.2 Å². The first kappa shape index (κ1) is 11.8. The summed E-state index contributed by atoms with van der Waals surface area (Å²) in [5.41, 5.74) is 1.20. The predicted molar refractivity (Wildman–Crippen MR) is 66.9 cm³/mol. The van der Waals surface area contributed by atoms with Gasteiger partial charge in [-0.1, -0.05) is 20.8 Å². The van der Waals surface area contributed by atoms with Gasteiger partial charge in [-0.25, -0.2) is 0 Å². The molecule has 2 aromatic heterocycles. The topological polar surface area (TPSA) is 38.9 Å². The average molecular weight is 230 g/mol. The third kappa shape index (κ3) is 2.93. The minimum Gasteiger partial charge on any atom is -0.466 e. The monoisotopic (exact) mass is 230 g/mol. The van der Waals surface area contributed by atoms with Crippen LogP contribution in [0.4, 0.5) is 0 Å². The van der Waals surface area contributed by atoms with Crippen molar-refractivity contribution in [3.05, 3.63) is 47.7 Å². The van der Waals surface area contributed by atoms with E-state index in [1.165, 1.54) is 5.56 Å². The van der Waals surface area contributed by atoms with Gasteiger partial charge in [0.15, 0.2) is 0 Å². The lowest BCUT2D eigenvalue weighted by Crippen LogP contribution is -1.98. The first-order valence-corrected chi connectivity index (χ1v) is 6.02. The van der Waals surface area contributed by atoms with E-state index in [1.807, 2.05) is 12.3 Å². The molecule has 0 aliphatic carbocycles. The van der Waals surface area contributed by atoms with Gasteiger partial charge in [0.25, 0.3) is 0 Å². The summed E-state index contributed by atoms with van der Waals surface area (Å²) in [5.74, 6) is 2.94. The van der Waals surface area contributed by atoms with Gasteiger partial charge >= 0.3 is 0 Å². The van der Waals surface area contributed by atoms with Crippen LogP contribution in [0.2, 0.25) is 0 Å². The van der Waals surface area contributed by atoms with E-state index in [4.69, 9.17) is 4.42 Å². The Balaban J connectivity index is 2.05. The summed E-state index contributed by atoms with van der Waals surface area (Å²) in [4.78, 5) is 0. The van der Waals surface area contributed by atoms with Crippen LogP contribution < -0.4 is 0 Å². The van der Waals surface area contributed by atoms with E-state index in [9.17, 15) is 0 Å².